The molecule has 10 heteroatoms. The molecule has 4 aromatic rings. The number of ether oxygens (including phenoxy) is 1. The number of thiazole rings is 1. The average molecular weight is 544 g/mol. The lowest BCUT2D eigenvalue weighted by Gasteiger charge is -2.17. The molecule has 3 aromatic carbocycles. The zero-order valence-corrected chi connectivity index (χ0v) is 22.5. The molecule has 0 saturated carbocycles. The Balaban J connectivity index is 1.63. The smallest absolute Gasteiger partial charge is 0.279 e. The highest BCUT2D eigenvalue weighted by Crippen LogP contribution is 2.27. The third kappa shape index (κ3) is 5.45. The predicted octanol–water partition coefficient (Wildman–Crippen LogP) is 4.87. The van der Waals surface area contributed by atoms with E-state index in [9.17, 15) is 13.2 Å². The molecule has 36 heavy (non-hydrogen) atoms. The molecule has 0 atom stereocenters. The van der Waals surface area contributed by atoms with Crippen molar-refractivity contribution >= 4 is 49.1 Å². The van der Waals surface area contributed by atoms with Crippen LogP contribution in [0.3, 0.4) is 0 Å². The standard InChI is InChI=1S/C26H26ClN3O4S2/c1-18-22(27)13-14-23-24(18)30(15-16-34-3)26(35-23)28-25(31)20-9-11-21(12-10-20)36(32,33)29(2)17-19-7-5-4-6-8-19/h4-14H,15-17H2,1-3H3. The van der Waals surface area contributed by atoms with Crippen molar-refractivity contribution in [1.29, 1.82) is 0 Å². The monoisotopic (exact) mass is 543 g/mol. The second-order valence-corrected chi connectivity index (χ2v) is 11.7. The van der Waals surface area contributed by atoms with Crippen LogP contribution in [0.1, 0.15) is 21.5 Å². The number of benzene rings is 3. The second kappa shape index (κ2) is 11.1. The van der Waals surface area contributed by atoms with Gasteiger partial charge in [0.2, 0.25) is 10.0 Å². The van der Waals surface area contributed by atoms with E-state index in [0.29, 0.717) is 28.5 Å². The maximum Gasteiger partial charge on any atom is 0.279 e. The topological polar surface area (TPSA) is 81.0 Å². The number of carbonyl (C=O) groups excluding carboxylic acids is 1. The molecule has 4 rings (SSSR count). The Labute approximate surface area is 219 Å². The van der Waals surface area contributed by atoms with E-state index in [1.54, 1.807) is 7.11 Å². The average Bonchev–Trinajstić information content (AvgIpc) is 3.23. The highest BCUT2D eigenvalue weighted by molar-refractivity contribution is 7.89. The maximum atomic E-state index is 13.0. The fraction of sp³-hybridized carbons (Fsp3) is 0.231. The van der Waals surface area contributed by atoms with Crippen LogP contribution in [0.15, 0.2) is 76.6 Å². The molecule has 0 saturated heterocycles. The maximum absolute atomic E-state index is 13.0. The van der Waals surface area contributed by atoms with Gasteiger partial charge < -0.3 is 9.30 Å². The molecule has 1 aromatic heterocycles. The molecular formula is C26H26ClN3O4S2. The van der Waals surface area contributed by atoms with E-state index < -0.39 is 15.9 Å². The van der Waals surface area contributed by atoms with Gasteiger partial charge in [0, 0.05) is 37.8 Å². The van der Waals surface area contributed by atoms with Gasteiger partial charge in [-0.3, -0.25) is 4.79 Å². The number of fused-ring (bicyclic) bond motifs is 1. The lowest BCUT2D eigenvalue weighted by Crippen LogP contribution is -2.26. The highest BCUT2D eigenvalue weighted by Gasteiger charge is 2.21. The van der Waals surface area contributed by atoms with E-state index in [2.05, 4.69) is 4.99 Å². The van der Waals surface area contributed by atoms with Crippen molar-refractivity contribution in [1.82, 2.24) is 8.87 Å². The van der Waals surface area contributed by atoms with Gasteiger partial charge in [-0.15, -0.1) is 0 Å². The van der Waals surface area contributed by atoms with Crippen LogP contribution < -0.4 is 4.80 Å². The summed E-state index contributed by atoms with van der Waals surface area (Å²) >= 11 is 7.72. The number of hydrogen-bond acceptors (Lipinski definition) is 5. The normalized spacial score (nSPS) is 12.5. The van der Waals surface area contributed by atoms with Crippen LogP contribution in [-0.4, -0.2) is 44.0 Å². The lowest BCUT2D eigenvalue weighted by molar-refractivity contribution is 0.0997. The Morgan fingerprint density at radius 1 is 1.08 bits per heavy atom. The summed E-state index contributed by atoms with van der Waals surface area (Å²) in [5.41, 5.74) is 3.00. The Kier molecular flexibility index (Phi) is 8.07. The summed E-state index contributed by atoms with van der Waals surface area (Å²) in [4.78, 5) is 18.0. The van der Waals surface area contributed by atoms with Crippen LogP contribution in [0.2, 0.25) is 5.02 Å². The highest BCUT2D eigenvalue weighted by atomic mass is 35.5. The van der Waals surface area contributed by atoms with Crippen molar-refractivity contribution in [3.8, 4) is 0 Å². The molecule has 0 bridgehead atoms. The zero-order valence-electron chi connectivity index (χ0n) is 20.1. The third-order valence-electron chi connectivity index (χ3n) is 5.80. The van der Waals surface area contributed by atoms with Crippen molar-refractivity contribution in [3.63, 3.8) is 0 Å². The third-order valence-corrected chi connectivity index (χ3v) is 9.07. The van der Waals surface area contributed by atoms with Crippen LogP contribution in [0.5, 0.6) is 0 Å². The number of methoxy groups -OCH3 is 1. The minimum Gasteiger partial charge on any atom is -0.383 e. The number of sulfonamides is 1. The molecule has 0 radical (unpaired) electrons. The molecule has 188 valence electrons. The van der Waals surface area contributed by atoms with Crippen LogP contribution >= 0.6 is 22.9 Å². The number of hydrogen-bond donors (Lipinski definition) is 0. The number of halogens is 1. The molecular weight excluding hydrogens is 518 g/mol. The molecule has 1 amide bonds. The Hall–Kier alpha value is -2.82. The van der Waals surface area contributed by atoms with Crippen LogP contribution in [0.25, 0.3) is 10.2 Å². The van der Waals surface area contributed by atoms with Gasteiger partial charge in [0.15, 0.2) is 4.80 Å². The van der Waals surface area contributed by atoms with Gasteiger partial charge in [-0.2, -0.15) is 9.30 Å². The molecule has 0 aliphatic heterocycles. The van der Waals surface area contributed by atoms with Crippen LogP contribution in [0, 0.1) is 6.92 Å². The molecule has 0 fully saturated rings. The Morgan fingerprint density at radius 3 is 2.44 bits per heavy atom. The van der Waals surface area contributed by atoms with E-state index >= 15 is 0 Å². The van der Waals surface area contributed by atoms with Gasteiger partial charge in [0.25, 0.3) is 5.91 Å². The summed E-state index contributed by atoms with van der Waals surface area (Å²) in [5, 5.41) is 0.637. The summed E-state index contributed by atoms with van der Waals surface area (Å²) in [6.45, 7) is 3.13. The molecule has 0 aliphatic carbocycles. The quantitative estimate of drug-likeness (QED) is 0.317. The van der Waals surface area contributed by atoms with E-state index in [-0.39, 0.29) is 11.4 Å². The van der Waals surface area contributed by atoms with Gasteiger partial charge in [-0.05, 0) is 54.4 Å². The van der Waals surface area contributed by atoms with Gasteiger partial charge in [0.1, 0.15) is 0 Å². The number of amides is 1. The van der Waals surface area contributed by atoms with Gasteiger partial charge in [-0.25, -0.2) is 8.42 Å². The van der Waals surface area contributed by atoms with Crippen molar-refractivity contribution < 1.29 is 17.9 Å². The second-order valence-electron chi connectivity index (χ2n) is 8.24. The number of rotatable bonds is 8. The molecule has 1 heterocycles. The van der Waals surface area contributed by atoms with Crippen LogP contribution in [0.4, 0.5) is 0 Å². The van der Waals surface area contributed by atoms with Crippen molar-refractivity contribution in [2.75, 3.05) is 20.8 Å². The molecule has 0 unspecified atom stereocenters. The number of aryl methyl sites for hydroxylation is 1. The van der Waals surface area contributed by atoms with E-state index in [1.165, 1.54) is 47.0 Å². The molecule has 0 aliphatic rings. The number of carbonyl (C=O) groups is 1. The van der Waals surface area contributed by atoms with E-state index in [1.807, 2.05) is 54.0 Å². The SMILES string of the molecule is COCCn1c(=NC(=O)c2ccc(S(=O)(=O)N(C)Cc3ccccc3)cc2)sc2ccc(Cl)c(C)c21. The Bertz CT molecular complexity index is 1560. The minimum absolute atomic E-state index is 0.111. The first-order valence-corrected chi connectivity index (χ1v) is 13.8. The first-order valence-electron chi connectivity index (χ1n) is 11.2. The predicted molar refractivity (Wildman–Crippen MR) is 143 cm³/mol. The summed E-state index contributed by atoms with van der Waals surface area (Å²) in [7, 11) is -0.571. The van der Waals surface area contributed by atoms with Gasteiger partial charge >= 0.3 is 0 Å². The van der Waals surface area contributed by atoms with Crippen molar-refractivity contribution in [2.45, 2.75) is 24.9 Å². The zero-order chi connectivity index (χ0) is 25.9. The summed E-state index contributed by atoms with van der Waals surface area (Å²) in [6, 6.07) is 19.0. The fourth-order valence-electron chi connectivity index (χ4n) is 3.82. The van der Waals surface area contributed by atoms with Gasteiger partial charge in [0.05, 0.1) is 21.7 Å². The lowest BCUT2D eigenvalue weighted by atomic mass is 10.2. The van der Waals surface area contributed by atoms with Crippen LogP contribution in [-0.2, 0) is 27.8 Å². The van der Waals surface area contributed by atoms with E-state index in [4.69, 9.17) is 16.3 Å². The van der Waals surface area contributed by atoms with Crippen molar-refractivity contribution in [3.05, 3.63) is 93.2 Å². The van der Waals surface area contributed by atoms with E-state index in [0.717, 1.165) is 21.3 Å². The largest absolute Gasteiger partial charge is 0.383 e. The molecule has 0 N–H and O–H groups in total. The summed E-state index contributed by atoms with van der Waals surface area (Å²) in [5.74, 6) is -0.460. The molecule has 0 spiro atoms. The number of nitrogens with zero attached hydrogens (tertiary/aromatic N) is 3. The number of aromatic nitrogens is 1. The fourth-order valence-corrected chi connectivity index (χ4v) is 6.24. The first-order chi connectivity index (χ1) is 17.2. The molecule has 7 nitrogen and oxygen atoms in total. The Morgan fingerprint density at radius 2 is 1.78 bits per heavy atom. The minimum atomic E-state index is -3.72. The summed E-state index contributed by atoms with van der Waals surface area (Å²) in [6.07, 6.45) is 0. The van der Waals surface area contributed by atoms with Crippen molar-refractivity contribution in [2.24, 2.45) is 4.99 Å². The summed E-state index contributed by atoms with van der Waals surface area (Å²) < 4.78 is 35.4. The van der Waals surface area contributed by atoms with Gasteiger partial charge in [-0.1, -0.05) is 53.3 Å². The first kappa shape index (κ1) is 26.2.